The molecule has 0 N–H and O–H groups in total. The maximum atomic E-state index is 11.3. The molecule has 3 heteroatoms. The molecule has 1 aliphatic heterocycles. The minimum absolute atomic E-state index is 0.0589. The van der Waals surface area contributed by atoms with E-state index in [4.69, 9.17) is 9.47 Å². The Kier molecular flexibility index (Phi) is 3.53. The van der Waals surface area contributed by atoms with E-state index in [1.165, 1.54) is 26.4 Å². The van der Waals surface area contributed by atoms with E-state index in [2.05, 4.69) is 6.92 Å². The van der Waals surface area contributed by atoms with Gasteiger partial charge in [0.2, 0.25) is 0 Å². The van der Waals surface area contributed by atoms with Crippen LogP contribution in [0.25, 0.3) is 0 Å². The number of methoxy groups -OCH3 is 1. The summed E-state index contributed by atoms with van der Waals surface area (Å²) in [5.41, 5.74) is 0.0589. The number of rotatable bonds is 6. The summed E-state index contributed by atoms with van der Waals surface area (Å²) < 4.78 is 10.6. The van der Waals surface area contributed by atoms with E-state index >= 15 is 0 Å². The minimum Gasteiger partial charge on any atom is -0.469 e. The van der Waals surface area contributed by atoms with Gasteiger partial charge in [-0.25, -0.2) is 0 Å². The third-order valence-electron chi connectivity index (χ3n) is 4.13. The van der Waals surface area contributed by atoms with E-state index in [9.17, 15) is 4.79 Å². The molecule has 1 saturated carbocycles. The van der Waals surface area contributed by atoms with Crippen molar-refractivity contribution < 1.29 is 14.3 Å². The van der Waals surface area contributed by atoms with Crippen LogP contribution in [0, 0.1) is 5.92 Å². The predicted molar refractivity (Wildman–Crippen MR) is 61.1 cm³/mol. The number of carbonyl (C=O) groups is 1. The fourth-order valence-corrected chi connectivity index (χ4v) is 3.12. The van der Waals surface area contributed by atoms with Crippen LogP contribution in [0.15, 0.2) is 0 Å². The van der Waals surface area contributed by atoms with Gasteiger partial charge in [0.25, 0.3) is 0 Å². The number of epoxide rings is 1. The Morgan fingerprint density at radius 3 is 2.88 bits per heavy atom. The maximum absolute atomic E-state index is 11.3. The summed E-state index contributed by atoms with van der Waals surface area (Å²) in [6.07, 6.45) is 8.11. The first-order chi connectivity index (χ1) is 7.73. The Morgan fingerprint density at radius 1 is 1.44 bits per heavy atom. The summed E-state index contributed by atoms with van der Waals surface area (Å²) >= 11 is 0. The lowest BCUT2D eigenvalue weighted by molar-refractivity contribution is -0.142. The van der Waals surface area contributed by atoms with Gasteiger partial charge in [0, 0.05) is 5.92 Å². The molecule has 0 aromatic carbocycles. The fourth-order valence-electron chi connectivity index (χ4n) is 3.12. The molecule has 16 heavy (non-hydrogen) atoms. The Bertz CT molecular complexity index is 264. The molecule has 0 aromatic rings. The van der Waals surface area contributed by atoms with Gasteiger partial charge in [-0.15, -0.1) is 0 Å². The summed E-state index contributed by atoms with van der Waals surface area (Å²) in [6.45, 7) is 2.21. The average molecular weight is 226 g/mol. The molecule has 0 bridgehead atoms. The number of hydrogen-bond donors (Lipinski definition) is 0. The molecule has 3 nitrogen and oxygen atoms in total. The molecule has 3 atom stereocenters. The highest BCUT2D eigenvalue weighted by Crippen LogP contribution is 2.57. The molecule has 92 valence electrons. The van der Waals surface area contributed by atoms with Gasteiger partial charge in [0.15, 0.2) is 0 Å². The number of esters is 1. The fraction of sp³-hybridized carbons (Fsp3) is 0.923. The monoisotopic (exact) mass is 226 g/mol. The Labute approximate surface area is 97.5 Å². The Morgan fingerprint density at radius 2 is 2.25 bits per heavy atom. The van der Waals surface area contributed by atoms with Gasteiger partial charge in [-0.3, -0.25) is 4.79 Å². The molecule has 1 heterocycles. The number of carbonyl (C=O) groups excluding carboxylic acids is 1. The van der Waals surface area contributed by atoms with E-state index in [-0.39, 0.29) is 11.6 Å². The molecule has 3 unspecified atom stereocenters. The smallest absolute Gasteiger partial charge is 0.305 e. The first-order valence-electron chi connectivity index (χ1n) is 6.47. The van der Waals surface area contributed by atoms with Crippen molar-refractivity contribution in [1.82, 2.24) is 0 Å². The van der Waals surface area contributed by atoms with Crippen molar-refractivity contribution >= 4 is 5.97 Å². The topological polar surface area (TPSA) is 38.8 Å². The van der Waals surface area contributed by atoms with Gasteiger partial charge in [-0.2, -0.15) is 0 Å². The highest BCUT2D eigenvalue weighted by atomic mass is 16.6. The van der Waals surface area contributed by atoms with Gasteiger partial charge in [0.05, 0.1) is 25.2 Å². The van der Waals surface area contributed by atoms with Crippen LogP contribution in [0.4, 0.5) is 0 Å². The van der Waals surface area contributed by atoms with Gasteiger partial charge >= 0.3 is 5.97 Å². The van der Waals surface area contributed by atoms with Crippen molar-refractivity contribution in [1.29, 1.82) is 0 Å². The van der Waals surface area contributed by atoms with E-state index in [1.54, 1.807) is 0 Å². The number of ether oxygens (including phenoxy) is 2. The highest BCUT2D eigenvalue weighted by molar-refractivity contribution is 5.69. The third kappa shape index (κ3) is 2.10. The zero-order chi connectivity index (χ0) is 11.6. The van der Waals surface area contributed by atoms with Crippen molar-refractivity contribution in [3.63, 3.8) is 0 Å². The molecule has 1 saturated heterocycles. The lowest BCUT2D eigenvalue weighted by Gasteiger charge is -2.19. The summed E-state index contributed by atoms with van der Waals surface area (Å²) in [6, 6.07) is 0. The van der Waals surface area contributed by atoms with Crippen molar-refractivity contribution in [2.75, 3.05) is 7.11 Å². The third-order valence-corrected chi connectivity index (χ3v) is 4.13. The number of fused-ring (bicyclic) bond motifs is 1. The van der Waals surface area contributed by atoms with Crippen LogP contribution in [0.2, 0.25) is 0 Å². The predicted octanol–water partition coefficient (Wildman–Crippen LogP) is 2.68. The van der Waals surface area contributed by atoms with E-state index in [0.717, 1.165) is 19.3 Å². The average Bonchev–Trinajstić information content (AvgIpc) is 2.91. The molecule has 0 aromatic heterocycles. The zero-order valence-corrected chi connectivity index (χ0v) is 10.3. The second-order valence-corrected chi connectivity index (χ2v) is 5.07. The molecule has 2 fully saturated rings. The number of unbranched alkanes of at least 4 members (excludes halogenated alkanes) is 2. The molecule has 0 radical (unpaired) electrons. The SMILES string of the molecule is CCCCCC12OC1CCC2CC(=O)OC. The van der Waals surface area contributed by atoms with Crippen LogP contribution in [0.1, 0.15) is 51.9 Å². The van der Waals surface area contributed by atoms with Crippen LogP contribution in [0.3, 0.4) is 0 Å². The largest absolute Gasteiger partial charge is 0.469 e. The standard InChI is InChI=1S/C13H22O3/c1-3-4-5-8-13-10(9-12(14)15-2)6-7-11(13)16-13/h10-11H,3-9H2,1-2H3. The van der Waals surface area contributed by atoms with Gasteiger partial charge in [-0.1, -0.05) is 26.2 Å². The van der Waals surface area contributed by atoms with Crippen LogP contribution >= 0.6 is 0 Å². The van der Waals surface area contributed by atoms with Crippen LogP contribution < -0.4 is 0 Å². The zero-order valence-electron chi connectivity index (χ0n) is 10.3. The molecular formula is C13H22O3. The van der Waals surface area contributed by atoms with E-state index < -0.39 is 0 Å². The summed E-state index contributed by atoms with van der Waals surface area (Å²) in [5, 5.41) is 0. The maximum Gasteiger partial charge on any atom is 0.305 e. The van der Waals surface area contributed by atoms with Crippen LogP contribution in [0.5, 0.6) is 0 Å². The highest BCUT2D eigenvalue weighted by Gasteiger charge is 2.64. The summed E-state index contributed by atoms with van der Waals surface area (Å²) in [7, 11) is 1.46. The van der Waals surface area contributed by atoms with Crippen molar-refractivity contribution in [3.05, 3.63) is 0 Å². The second-order valence-electron chi connectivity index (χ2n) is 5.07. The van der Waals surface area contributed by atoms with Crippen LogP contribution in [-0.2, 0) is 14.3 Å². The summed E-state index contributed by atoms with van der Waals surface area (Å²) in [4.78, 5) is 11.3. The first kappa shape index (κ1) is 11.9. The molecular weight excluding hydrogens is 204 g/mol. The minimum atomic E-state index is -0.0870. The normalized spacial score (nSPS) is 35.9. The first-order valence-corrected chi connectivity index (χ1v) is 6.47. The lowest BCUT2D eigenvalue weighted by atomic mass is 9.87. The molecule has 2 aliphatic rings. The second kappa shape index (κ2) is 4.74. The molecule has 0 spiro atoms. The molecule has 2 rings (SSSR count). The van der Waals surface area contributed by atoms with E-state index in [0.29, 0.717) is 18.4 Å². The molecule has 1 aliphatic carbocycles. The quantitative estimate of drug-likeness (QED) is 0.397. The van der Waals surface area contributed by atoms with Crippen molar-refractivity contribution in [3.8, 4) is 0 Å². The van der Waals surface area contributed by atoms with Gasteiger partial charge in [-0.05, 0) is 19.3 Å². The van der Waals surface area contributed by atoms with Crippen LogP contribution in [-0.4, -0.2) is 24.8 Å². The number of hydrogen-bond acceptors (Lipinski definition) is 3. The lowest BCUT2D eigenvalue weighted by Crippen LogP contribution is -2.25. The summed E-state index contributed by atoms with van der Waals surface area (Å²) in [5.74, 6) is 0.317. The Balaban J connectivity index is 1.86. The van der Waals surface area contributed by atoms with Crippen molar-refractivity contribution in [2.24, 2.45) is 5.92 Å². The Hall–Kier alpha value is -0.570. The van der Waals surface area contributed by atoms with Crippen molar-refractivity contribution in [2.45, 2.75) is 63.6 Å². The van der Waals surface area contributed by atoms with Gasteiger partial charge in [0.1, 0.15) is 0 Å². The van der Waals surface area contributed by atoms with Gasteiger partial charge < -0.3 is 9.47 Å². The molecule has 0 amide bonds. The van der Waals surface area contributed by atoms with E-state index in [1.807, 2.05) is 0 Å².